The van der Waals surface area contributed by atoms with E-state index in [1.807, 2.05) is 38.1 Å². The highest BCUT2D eigenvalue weighted by molar-refractivity contribution is 9.10. The Kier molecular flexibility index (Phi) is 7.14. The lowest BCUT2D eigenvalue weighted by atomic mass is 10.1. The van der Waals surface area contributed by atoms with Gasteiger partial charge in [-0.05, 0) is 65.0 Å². The number of fused-ring (bicyclic) bond motifs is 1. The van der Waals surface area contributed by atoms with E-state index in [2.05, 4.69) is 36.5 Å². The number of aromatic nitrogens is 4. The molecule has 2 heterocycles. The van der Waals surface area contributed by atoms with E-state index in [-0.39, 0.29) is 0 Å². The smallest absolute Gasteiger partial charge is 0.435 e. The molecule has 2 aromatic heterocycles. The lowest BCUT2D eigenvalue weighted by molar-refractivity contribution is 0.0489. The van der Waals surface area contributed by atoms with Crippen molar-refractivity contribution < 1.29 is 19.1 Å². The SMILES string of the molecule is CC(C)(C)OC(=O)n1ncc2cc(NC(=O)OC(C)(C)Cc3nnc(-c4cccc(Br)c4)s3)ccc21. The average Bonchev–Trinajstić information content (AvgIpc) is 3.38. The number of hydrogen-bond acceptors (Lipinski definition) is 8. The minimum absolute atomic E-state index is 0.410. The zero-order chi connectivity index (χ0) is 26.1. The third kappa shape index (κ3) is 6.46. The number of nitrogens with zero attached hydrogens (tertiary/aromatic N) is 4. The highest BCUT2D eigenvalue weighted by Gasteiger charge is 2.26. The molecule has 4 rings (SSSR count). The number of hydrogen-bond donors (Lipinski definition) is 1. The van der Waals surface area contributed by atoms with E-state index >= 15 is 0 Å². The van der Waals surface area contributed by atoms with Crippen molar-refractivity contribution in [2.24, 2.45) is 0 Å². The molecule has 9 nitrogen and oxygen atoms in total. The summed E-state index contributed by atoms with van der Waals surface area (Å²) < 4.78 is 13.2. The summed E-state index contributed by atoms with van der Waals surface area (Å²) in [5.41, 5.74) is 0.600. The zero-order valence-corrected chi connectivity index (χ0v) is 22.9. The lowest BCUT2D eigenvalue weighted by Gasteiger charge is -2.24. The summed E-state index contributed by atoms with van der Waals surface area (Å²) in [5, 5.41) is 17.6. The van der Waals surface area contributed by atoms with Crippen molar-refractivity contribution in [2.75, 3.05) is 5.32 Å². The summed E-state index contributed by atoms with van der Waals surface area (Å²) in [6, 6.07) is 12.9. The number of anilines is 1. The van der Waals surface area contributed by atoms with Crippen molar-refractivity contribution in [1.29, 1.82) is 0 Å². The molecule has 0 spiro atoms. The number of ether oxygens (including phenoxy) is 2. The number of rotatable bonds is 5. The van der Waals surface area contributed by atoms with Crippen LogP contribution in [0.4, 0.5) is 15.3 Å². The van der Waals surface area contributed by atoms with Gasteiger partial charge in [0.25, 0.3) is 0 Å². The molecular formula is C25H26BrN5O4S. The molecule has 0 atom stereocenters. The number of benzene rings is 2. The third-order valence-electron chi connectivity index (χ3n) is 4.87. The Morgan fingerprint density at radius 2 is 1.83 bits per heavy atom. The van der Waals surface area contributed by atoms with Gasteiger partial charge in [-0.15, -0.1) is 10.2 Å². The number of nitrogens with one attached hydrogen (secondary N) is 1. The Balaban J connectivity index is 1.39. The minimum atomic E-state index is -0.816. The fourth-order valence-corrected chi connectivity index (χ4v) is 4.87. The second-order valence-electron chi connectivity index (χ2n) is 9.77. The third-order valence-corrected chi connectivity index (χ3v) is 6.33. The first kappa shape index (κ1) is 25.8. The molecule has 0 aliphatic rings. The molecule has 36 heavy (non-hydrogen) atoms. The maximum Gasteiger partial charge on any atom is 0.435 e. The Hall–Kier alpha value is -3.31. The van der Waals surface area contributed by atoms with Crippen LogP contribution in [-0.2, 0) is 15.9 Å². The van der Waals surface area contributed by atoms with E-state index in [1.54, 1.807) is 39.0 Å². The van der Waals surface area contributed by atoms with Crippen molar-refractivity contribution >= 4 is 56.0 Å². The van der Waals surface area contributed by atoms with Crippen LogP contribution in [0.3, 0.4) is 0 Å². The molecule has 0 unspecified atom stereocenters. The van der Waals surface area contributed by atoms with Crippen LogP contribution in [0.2, 0.25) is 0 Å². The first-order valence-electron chi connectivity index (χ1n) is 11.2. The van der Waals surface area contributed by atoms with E-state index in [0.29, 0.717) is 23.0 Å². The monoisotopic (exact) mass is 571 g/mol. The van der Waals surface area contributed by atoms with Gasteiger partial charge in [0.15, 0.2) is 0 Å². The van der Waals surface area contributed by atoms with Crippen LogP contribution in [0.25, 0.3) is 21.5 Å². The van der Waals surface area contributed by atoms with E-state index in [1.165, 1.54) is 22.2 Å². The van der Waals surface area contributed by atoms with Crippen molar-refractivity contribution in [2.45, 2.75) is 52.2 Å². The van der Waals surface area contributed by atoms with Gasteiger partial charge in [0.1, 0.15) is 21.2 Å². The van der Waals surface area contributed by atoms with Crippen molar-refractivity contribution in [1.82, 2.24) is 20.0 Å². The number of carbonyl (C=O) groups excluding carboxylic acids is 2. The van der Waals surface area contributed by atoms with Gasteiger partial charge in [-0.2, -0.15) is 9.78 Å². The second-order valence-corrected chi connectivity index (χ2v) is 11.8. The van der Waals surface area contributed by atoms with Gasteiger partial charge in [-0.25, -0.2) is 9.59 Å². The molecule has 0 saturated heterocycles. The summed E-state index contributed by atoms with van der Waals surface area (Å²) >= 11 is 4.93. The molecular weight excluding hydrogens is 546 g/mol. The van der Waals surface area contributed by atoms with Crippen LogP contribution < -0.4 is 5.32 Å². The molecule has 0 radical (unpaired) electrons. The van der Waals surface area contributed by atoms with Crippen LogP contribution in [0.15, 0.2) is 53.1 Å². The summed E-state index contributed by atoms with van der Waals surface area (Å²) in [6.07, 6.45) is 0.779. The predicted octanol–water partition coefficient (Wildman–Crippen LogP) is 6.67. The van der Waals surface area contributed by atoms with Gasteiger partial charge in [0.2, 0.25) is 0 Å². The second kappa shape index (κ2) is 9.98. The summed E-state index contributed by atoms with van der Waals surface area (Å²) in [4.78, 5) is 25.0. The van der Waals surface area contributed by atoms with Crippen molar-refractivity contribution in [3.8, 4) is 10.6 Å². The van der Waals surface area contributed by atoms with Gasteiger partial charge in [-0.3, -0.25) is 5.32 Å². The van der Waals surface area contributed by atoms with Gasteiger partial charge in [0, 0.05) is 27.5 Å². The van der Waals surface area contributed by atoms with Crippen LogP contribution in [0.1, 0.15) is 39.6 Å². The van der Waals surface area contributed by atoms with Gasteiger partial charge in [0.05, 0.1) is 11.7 Å². The minimum Gasteiger partial charge on any atom is -0.443 e. The fourth-order valence-electron chi connectivity index (χ4n) is 3.42. The zero-order valence-electron chi connectivity index (χ0n) is 20.5. The van der Waals surface area contributed by atoms with Crippen molar-refractivity contribution in [3.63, 3.8) is 0 Å². The first-order valence-corrected chi connectivity index (χ1v) is 12.8. The molecule has 1 amide bonds. The predicted molar refractivity (Wildman–Crippen MR) is 142 cm³/mol. The lowest BCUT2D eigenvalue weighted by Crippen LogP contribution is -2.32. The normalized spacial score (nSPS) is 11.9. The van der Waals surface area contributed by atoms with Gasteiger partial charge >= 0.3 is 12.2 Å². The standard InChI is InChI=1S/C25H26BrN5O4S/c1-24(2,3)35-23(33)31-19-10-9-18(12-16(19)14-27-31)28-22(32)34-25(4,5)13-20-29-30-21(36-20)15-7-6-8-17(26)11-15/h6-12,14H,13H2,1-5H3,(H,28,32). The first-order chi connectivity index (χ1) is 16.9. The largest absolute Gasteiger partial charge is 0.443 e. The van der Waals surface area contributed by atoms with E-state index < -0.39 is 23.4 Å². The highest BCUT2D eigenvalue weighted by Crippen LogP contribution is 2.29. The van der Waals surface area contributed by atoms with Crippen LogP contribution in [0.5, 0.6) is 0 Å². The topological polar surface area (TPSA) is 108 Å². The number of carbonyl (C=O) groups is 2. The quantitative estimate of drug-likeness (QED) is 0.285. The summed E-state index contributed by atoms with van der Waals surface area (Å²) in [7, 11) is 0. The summed E-state index contributed by atoms with van der Waals surface area (Å²) in [6.45, 7) is 9.01. The maximum atomic E-state index is 12.6. The van der Waals surface area contributed by atoms with Crippen molar-refractivity contribution in [3.05, 3.63) is 58.1 Å². The fraction of sp³-hybridized carbons (Fsp3) is 0.320. The Labute approximate surface area is 220 Å². The van der Waals surface area contributed by atoms with Gasteiger partial charge < -0.3 is 9.47 Å². The Bertz CT molecular complexity index is 1420. The van der Waals surface area contributed by atoms with E-state index in [0.717, 1.165) is 20.1 Å². The molecule has 11 heteroatoms. The molecule has 0 bridgehead atoms. The average molecular weight is 572 g/mol. The van der Waals surface area contributed by atoms with Crippen LogP contribution in [0, 0.1) is 0 Å². The Morgan fingerprint density at radius 1 is 1.06 bits per heavy atom. The molecule has 1 N–H and O–H groups in total. The molecule has 0 aliphatic heterocycles. The Morgan fingerprint density at radius 3 is 2.56 bits per heavy atom. The molecule has 4 aromatic rings. The number of amides is 1. The van der Waals surface area contributed by atoms with Gasteiger partial charge in [-0.1, -0.05) is 39.4 Å². The molecule has 2 aromatic carbocycles. The summed E-state index contributed by atoms with van der Waals surface area (Å²) in [5.74, 6) is 0. The molecule has 0 saturated carbocycles. The highest BCUT2D eigenvalue weighted by atomic mass is 79.9. The van der Waals surface area contributed by atoms with E-state index in [9.17, 15) is 9.59 Å². The maximum absolute atomic E-state index is 12.6. The molecule has 0 fully saturated rings. The van der Waals surface area contributed by atoms with Crippen LogP contribution >= 0.6 is 27.3 Å². The molecule has 188 valence electrons. The molecule has 0 aliphatic carbocycles. The van der Waals surface area contributed by atoms with Crippen LogP contribution in [-0.4, -0.2) is 43.4 Å². The van der Waals surface area contributed by atoms with E-state index in [4.69, 9.17) is 9.47 Å². The number of halogens is 1.